The minimum atomic E-state index is -0.785. The van der Waals surface area contributed by atoms with Crippen LogP contribution in [-0.2, 0) is 4.79 Å². The van der Waals surface area contributed by atoms with Crippen molar-refractivity contribution in [2.24, 2.45) is 0 Å². The molecule has 0 bridgehead atoms. The van der Waals surface area contributed by atoms with Gasteiger partial charge in [0.2, 0.25) is 5.91 Å². The standard InChI is InChI=1S/C14H15BrN2O3/c1-7(18)17-10-5-11-9(4-8(10)6-16)12(19)13(15)14(2,3)20-11/h4-5,12-13,19H,1-3H3,(H,17,18). The third kappa shape index (κ3) is 2.51. The van der Waals surface area contributed by atoms with Crippen molar-refractivity contribution in [3.8, 4) is 11.8 Å². The van der Waals surface area contributed by atoms with Crippen LogP contribution >= 0.6 is 15.9 Å². The van der Waals surface area contributed by atoms with E-state index < -0.39 is 11.7 Å². The molecule has 0 aliphatic carbocycles. The molecule has 0 saturated carbocycles. The van der Waals surface area contributed by atoms with Gasteiger partial charge < -0.3 is 15.2 Å². The molecule has 1 aliphatic rings. The van der Waals surface area contributed by atoms with Crippen molar-refractivity contribution in [3.63, 3.8) is 0 Å². The Kier molecular flexibility index (Phi) is 3.76. The molecule has 2 atom stereocenters. The number of nitrogens with one attached hydrogen (secondary N) is 1. The number of hydrogen-bond donors (Lipinski definition) is 2. The number of nitriles is 1. The number of amides is 1. The maximum absolute atomic E-state index is 11.2. The van der Waals surface area contributed by atoms with Crippen molar-refractivity contribution >= 4 is 27.5 Å². The van der Waals surface area contributed by atoms with E-state index in [9.17, 15) is 9.90 Å². The second kappa shape index (κ2) is 5.08. The Morgan fingerprint density at radius 3 is 2.75 bits per heavy atom. The number of nitrogens with zero attached hydrogens (tertiary/aromatic N) is 1. The molecule has 2 N–H and O–H groups in total. The average Bonchev–Trinajstić information content (AvgIpc) is 2.35. The number of halogens is 1. The maximum atomic E-state index is 11.2. The molecule has 0 aromatic heterocycles. The third-order valence-electron chi connectivity index (χ3n) is 3.21. The Labute approximate surface area is 125 Å². The topological polar surface area (TPSA) is 82.4 Å². The first kappa shape index (κ1) is 14.8. The molecular weight excluding hydrogens is 324 g/mol. The van der Waals surface area contributed by atoms with Crippen LogP contribution in [0.2, 0.25) is 0 Å². The number of carbonyl (C=O) groups is 1. The van der Waals surface area contributed by atoms with Crippen LogP contribution in [0.3, 0.4) is 0 Å². The molecule has 6 heteroatoms. The number of aliphatic hydroxyl groups excluding tert-OH is 1. The Balaban J connectivity index is 2.55. The van der Waals surface area contributed by atoms with E-state index in [1.807, 2.05) is 19.9 Å². The first-order valence-corrected chi connectivity index (χ1v) is 7.04. The second-order valence-electron chi connectivity index (χ2n) is 5.28. The molecule has 1 heterocycles. The number of rotatable bonds is 1. The van der Waals surface area contributed by atoms with Gasteiger partial charge in [-0.3, -0.25) is 4.79 Å². The number of hydrogen-bond acceptors (Lipinski definition) is 4. The Hall–Kier alpha value is -1.58. The van der Waals surface area contributed by atoms with Crippen LogP contribution in [0.25, 0.3) is 0 Å². The van der Waals surface area contributed by atoms with Crippen molar-refractivity contribution in [1.82, 2.24) is 0 Å². The normalized spacial score (nSPS) is 23.2. The molecule has 1 aromatic carbocycles. The summed E-state index contributed by atoms with van der Waals surface area (Å²) in [6.45, 7) is 5.08. The zero-order chi connectivity index (χ0) is 15.1. The molecule has 0 saturated heterocycles. The molecule has 0 fully saturated rings. The predicted molar refractivity (Wildman–Crippen MR) is 77.8 cm³/mol. The van der Waals surface area contributed by atoms with Gasteiger partial charge in [0, 0.05) is 18.6 Å². The molecule has 5 nitrogen and oxygen atoms in total. The Morgan fingerprint density at radius 1 is 1.55 bits per heavy atom. The summed E-state index contributed by atoms with van der Waals surface area (Å²) in [5, 5.41) is 22.1. The largest absolute Gasteiger partial charge is 0.486 e. The van der Waals surface area contributed by atoms with Crippen molar-refractivity contribution in [2.45, 2.75) is 37.3 Å². The summed E-state index contributed by atoms with van der Waals surface area (Å²) in [6.07, 6.45) is -0.785. The summed E-state index contributed by atoms with van der Waals surface area (Å²) in [7, 11) is 0. The molecule has 2 rings (SSSR count). The van der Waals surface area contributed by atoms with Gasteiger partial charge in [0.1, 0.15) is 17.4 Å². The van der Waals surface area contributed by atoms with Crippen molar-refractivity contribution in [1.29, 1.82) is 5.26 Å². The van der Waals surface area contributed by atoms with Gasteiger partial charge in [-0.2, -0.15) is 5.26 Å². The molecule has 20 heavy (non-hydrogen) atoms. The fourth-order valence-electron chi connectivity index (χ4n) is 2.18. The van der Waals surface area contributed by atoms with Gasteiger partial charge in [0.25, 0.3) is 0 Å². The van der Waals surface area contributed by atoms with Crippen LogP contribution < -0.4 is 10.1 Å². The van der Waals surface area contributed by atoms with E-state index in [4.69, 9.17) is 10.00 Å². The molecular formula is C14H15BrN2O3. The summed E-state index contributed by atoms with van der Waals surface area (Å²) in [6, 6.07) is 5.14. The van der Waals surface area contributed by atoms with Gasteiger partial charge >= 0.3 is 0 Å². The van der Waals surface area contributed by atoms with E-state index in [2.05, 4.69) is 21.2 Å². The fraction of sp³-hybridized carbons (Fsp3) is 0.429. The van der Waals surface area contributed by atoms with Crippen LogP contribution in [0.1, 0.15) is 38.0 Å². The molecule has 106 valence electrons. The minimum absolute atomic E-state index is 0.268. The van der Waals surface area contributed by atoms with Crippen LogP contribution in [-0.4, -0.2) is 21.4 Å². The number of benzene rings is 1. The van der Waals surface area contributed by atoms with Gasteiger partial charge in [0.15, 0.2) is 0 Å². The minimum Gasteiger partial charge on any atom is -0.486 e. The summed E-state index contributed by atoms with van der Waals surface area (Å²) < 4.78 is 5.86. The van der Waals surface area contributed by atoms with Gasteiger partial charge in [-0.05, 0) is 19.9 Å². The highest BCUT2D eigenvalue weighted by atomic mass is 79.9. The van der Waals surface area contributed by atoms with E-state index in [-0.39, 0.29) is 10.7 Å². The summed E-state index contributed by atoms with van der Waals surface area (Å²) in [4.78, 5) is 10.9. The first-order valence-electron chi connectivity index (χ1n) is 6.13. The van der Waals surface area contributed by atoms with Crippen molar-refractivity contribution in [2.75, 3.05) is 5.32 Å². The van der Waals surface area contributed by atoms with E-state index in [0.29, 0.717) is 22.6 Å². The lowest BCUT2D eigenvalue weighted by atomic mass is 9.90. The highest BCUT2D eigenvalue weighted by Gasteiger charge is 2.42. The summed E-state index contributed by atoms with van der Waals surface area (Å²) >= 11 is 3.42. The number of fused-ring (bicyclic) bond motifs is 1. The van der Waals surface area contributed by atoms with Crippen LogP contribution in [0, 0.1) is 11.3 Å². The molecule has 0 spiro atoms. The quantitative estimate of drug-likeness (QED) is 0.770. The predicted octanol–water partition coefficient (Wildman–Crippen LogP) is 2.48. The molecule has 0 radical (unpaired) electrons. The second-order valence-corrected chi connectivity index (χ2v) is 6.27. The van der Waals surface area contributed by atoms with Gasteiger partial charge in [-0.25, -0.2) is 0 Å². The van der Waals surface area contributed by atoms with Gasteiger partial charge in [-0.15, -0.1) is 0 Å². The highest BCUT2D eigenvalue weighted by molar-refractivity contribution is 9.09. The third-order valence-corrected chi connectivity index (χ3v) is 4.82. The highest BCUT2D eigenvalue weighted by Crippen LogP contribution is 2.45. The molecule has 2 unspecified atom stereocenters. The lowest BCUT2D eigenvalue weighted by molar-refractivity contribution is -0.114. The molecule has 1 amide bonds. The fourth-order valence-corrected chi connectivity index (χ4v) is 2.56. The maximum Gasteiger partial charge on any atom is 0.221 e. The van der Waals surface area contributed by atoms with Gasteiger partial charge in [-0.1, -0.05) is 15.9 Å². The zero-order valence-electron chi connectivity index (χ0n) is 11.4. The number of ether oxygens (including phenoxy) is 1. The number of aliphatic hydroxyl groups is 1. The first-order chi connectivity index (χ1) is 9.26. The zero-order valence-corrected chi connectivity index (χ0v) is 13.0. The Morgan fingerprint density at radius 2 is 2.20 bits per heavy atom. The SMILES string of the molecule is CC(=O)Nc1cc2c(cc1C#N)C(O)C(Br)C(C)(C)O2. The summed E-state index contributed by atoms with van der Waals surface area (Å²) in [5.41, 5.74) is 0.612. The van der Waals surface area contributed by atoms with E-state index >= 15 is 0 Å². The smallest absolute Gasteiger partial charge is 0.221 e. The number of alkyl halides is 1. The van der Waals surface area contributed by atoms with E-state index in [0.717, 1.165) is 0 Å². The van der Waals surface area contributed by atoms with Crippen molar-refractivity contribution in [3.05, 3.63) is 23.3 Å². The number of carbonyl (C=O) groups excluding carboxylic acids is 1. The Bertz CT molecular complexity index is 607. The number of anilines is 1. The van der Waals surface area contributed by atoms with Gasteiger partial charge in [0.05, 0.1) is 22.2 Å². The summed E-state index contributed by atoms with van der Waals surface area (Å²) in [5.74, 6) is 0.205. The monoisotopic (exact) mass is 338 g/mol. The molecule has 1 aromatic rings. The lowest BCUT2D eigenvalue weighted by Gasteiger charge is -2.40. The average molecular weight is 339 g/mol. The van der Waals surface area contributed by atoms with Crippen LogP contribution in [0.5, 0.6) is 5.75 Å². The lowest BCUT2D eigenvalue weighted by Crippen LogP contribution is -2.45. The van der Waals surface area contributed by atoms with Crippen LogP contribution in [0.15, 0.2) is 12.1 Å². The van der Waals surface area contributed by atoms with E-state index in [1.165, 1.54) is 6.92 Å². The van der Waals surface area contributed by atoms with Crippen LogP contribution in [0.4, 0.5) is 5.69 Å². The molecule has 1 aliphatic heterocycles. The van der Waals surface area contributed by atoms with Crippen molar-refractivity contribution < 1.29 is 14.6 Å². The van der Waals surface area contributed by atoms with E-state index in [1.54, 1.807) is 12.1 Å².